The number of ether oxygens (including phenoxy) is 3. The zero-order chi connectivity index (χ0) is 27.9. The summed E-state index contributed by atoms with van der Waals surface area (Å²) in [6.07, 6.45) is 0.925. The number of aromatic nitrogens is 2. The molecule has 1 amide bonds. The van der Waals surface area contributed by atoms with Gasteiger partial charge in [0.1, 0.15) is 0 Å². The van der Waals surface area contributed by atoms with E-state index < -0.39 is 15.3 Å². The summed E-state index contributed by atoms with van der Waals surface area (Å²) in [6.45, 7) is 2.89. The van der Waals surface area contributed by atoms with Crippen molar-refractivity contribution in [3.8, 4) is 11.5 Å². The van der Waals surface area contributed by atoms with Crippen LogP contribution in [0.5, 0.6) is 11.5 Å². The molecule has 0 radical (unpaired) electrons. The number of nitrogens with two attached hydrogens (primary N) is 1. The molecule has 0 aliphatic carbocycles. The first kappa shape index (κ1) is 29.4. The quantitative estimate of drug-likeness (QED) is 0.180. The van der Waals surface area contributed by atoms with Gasteiger partial charge in [-0.2, -0.15) is 0 Å². The Morgan fingerprint density at radius 2 is 1.79 bits per heavy atom. The number of thioether (sulfide) groups is 1. The minimum absolute atomic E-state index is 0.00773. The molecular weight excluding hydrogens is 532 g/mol. The van der Waals surface area contributed by atoms with Gasteiger partial charge in [0, 0.05) is 26.3 Å². The topological polar surface area (TPSA) is 152 Å². The number of methoxy groups -OCH3 is 3. The van der Waals surface area contributed by atoms with Crippen molar-refractivity contribution in [1.82, 2.24) is 14.9 Å². The summed E-state index contributed by atoms with van der Waals surface area (Å²) in [5, 5.41) is 8.26. The van der Waals surface area contributed by atoms with Crippen molar-refractivity contribution in [3.05, 3.63) is 52.3 Å². The van der Waals surface area contributed by atoms with Gasteiger partial charge in [-0.3, -0.25) is 14.2 Å². The molecule has 3 rings (SSSR count). The van der Waals surface area contributed by atoms with Crippen LogP contribution in [0.2, 0.25) is 0 Å². The molecule has 13 heteroatoms. The smallest absolute Gasteiger partial charge is 0.262 e. The van der Waals surface area contributed by atoms with Gasteiger partial charge in [0.25, 0.3) is 5.56 Å². The monoisotopic (exact) mass is 564 g/mol. The number of carbonyl (C=O) groups is 1. The lowest BCUT2D eigenvalue weighted by Crippen LogP contribution is -2.35. The van der Waals surface area contributed by atoms with Gasteiger partial charge >= 0.3 is 0 Å². The Morgan fingerprint density at radius 3 is 2.37 bits per heavy atom. The third-order valence-electron chi connectivity index (χ3n) is 5.82. The zero-order valence-electron chi connectivity index (χ0n) is 21.7. The highest BCUT2D eigenvalue weighted by Gasteiger charge is 2.23. The van der Waals surface area contributed by atoms with Crippen molar-refractivity contribution < 1.29 is 27.4 Å². The van der Waals surface area contributed by atoms with Crippen LogP contribution in [0, 0.1) is 0 Å². The number of hydrogen-bond donors (Lipinski definition) is 2. The number of primary sulfonamides is 1. The molecule has 0 aliphatic rings. The van der Waals surface area contributed by atoms with Gasteiger partial charge in [-0.05, 0) is 36.6 Å². The molecule has 1 heterocycles. The van der Waals surface area contributed by atoms with E-state index in [4.69, 9.17) is 24.3 Å². The van der Waals surface area contributed by atoms with Crippen LogP contribution in [0.3, 0.4) is 0 Å². The van der Waals surface area contributed by atoms with E-state index in [1.165, 1.54) is 42.7 Å². The first-order valence-electron chi connectivity index (χ1n) is 11.8. The summed E-state index contributed by atoms with van der Waals surface area (Å²) in [4.78, 5) is 31.2. The van der Waals surface area contributed by atoms with Gasteiger partial charge in [-0.15, -0.1) is 0 Å². The van der Waals surface area contributed by atoms with Crippen molar-refractivity contribution in [2.45, 2.75) is 41.6 Å². The highest BCUT2D eigenvalue weighted by molar-refractivity contribution is 8.00. The largest absolute Gasteiger partial charge is 0.493 e. The molecule has 0 aliphatic heterocycles. The Bertz CT molecular complexity index is 1440. The van der Waals surface area contributed by atoms with Crippen molar-refractivity contribution in [2.75, 3.05) is 34.5 Å². The third-order valence-corrected chi connectivity index (χ3v) is 8.10. The average Bonchev–Trinajstić information content (AvgIpc) is 2.90. The fourth-order valence-electron chi connectivity index (χ4n) is 3.74. The van der Waals surface area contributed by atoms with Crippen LogP contribution in [0.1, 0.15) is 18.9 Å². The number of nitrogens with zero attached hydrogens (tertiary/aromatic N) is 2. The molecule has 2 aromatic carbocycles. The molecule has 0 bridgehead atoms. The Hall–Kier alpha value is -3.13. The van der Waals surface area contributed by atoms with E-state index in [-0.39, 0.29) is 22.9 Å². The van der Waals surface area contributed by atoms with E-state index in [0.717, 1.165) is 5.56 Å². The minimum atomic E-state index is -3.81. The van der Waals surface area contributed by atoms with Crippen molar-refractivity contribution in [2.24, 2.45) is 5.14 Å². The second kappa shape index (κ2) is 13.1. The predicted octanol–water partition coefficient (Wildman–Crippen LogP) is 1.94. The van der Waals surface area contributed by atoms with Gasteiger partial charge in [0.05, 0.1) is 41.9 Å². The van der Waals surface area contributed by atoms with Crippen LogP contribution in [-0.2, 0) is 32.5 Å². The molecular formula is C25H32N4O7S2. The number of amides is 1. The van der Waals surface area contributed by atoms with Crippen LogP contribution in [0.4, 0.5) is 0 Å². The average molecular weight is 565 g/mol. The molecule has 206 valence electrons. The normalized spacial score (nSPS) is 12.3. The molecule has 0 saturated heterocycles. The zero-order valence-corrected chi connectivity index (χ0v) is 23.4. The molecule has 3 N–H and O–H groups in total. The Kier molecular flexibility index (Phi) is 10.1. The summed E-state index contributed by atoms with van der Waals surface area (Å²) < 4.78 is 40.4. The number of rotatable bonds is 13. The lowest BCUT2D eigenvalue weighted by Gasteiger charge is -2.18. The second-order valence-corrected chi connectivity index (χ2v) is 11.0. The fourth-order valence-corrected chi connectivity index (χ4v) is 5.32. The summed E-state index contributed by atoms with van der Waals surface area (Å²) in [6, 6.07) is 9.38. The lowest BCUT2D eigenvalue weighted by atomic mass is 10.1. The number of nitrogens with one attached hydrogen (secondary N) is 1. The van der Waals surface area contributed by atoms with E-state index in [1.54, 1.807) is 31.4 Å². The SMILES string of the molecule is CCC(Sc1nc2cc(OC)c(OC)cc2c(=O)n1CCc1ccc(S(N)(=O)=O)cc1)C(=O)NCCOC. The number of sulfonamides is 1. The van der Waals surface area contributed by atoms with Gasteiger partial charge in [-0.1, -0.05) is 30.8 Å². The van der Waals surface area contributed by atoms with E-state index in [2.05, 4.69) is 5.32 Å². The molecule has 0 saturated carbocycles. The number of benzene rings is 2. The van der Waals surface area contributed by atoms with Crippen LogP contribution >= 0.6 is 11.8 Å². The van der Waals surface area contributed by atoms with E-state index in [1.807, 2.05) is 6.92 Å². The van der Waals surface area contributed by atoms with Crippen LogP contribution in [-0.4, -0.2) is 63.6 Å². The second-order valence-electron chi connectivity index (χ2n) is 8.31. The summed E-state index contributed by atoms with van der Waals surface area (Å²) in [5.41, 5.74) is 0.921. The third kappa shape index (κ3) is 7.04. The number of carbonyl (C=O) groups excluding carboxylic acids is 1. The molecule has 1 unspecified atom stereocenters. The maximum atomic E-state index is 13.7. The minimum Gasteiger partial charge on any atom is -0.493 e. The maximum Gasteiger partial charge on any atom is 0.262 e. The predicted molar refractivity (Wildman–Crippen MR) is 145 cm³/mol. The molecule has 0 spiro atoms. The molecule has 1 atom stereocenters. The van der Waals surface area contributed by atoms with E-state index >= 15 is 0 Å². The van der Waals surface area contributed by atoms with E-state index in [0.29, 0.717) is 53.6 Å². The first-order chi connectivity index (χ1) is 18.1. The van der Waals surface area contributed by atoms with Gasteiger partial charge < -0.3 is 19.5 Å². The van der Waals surface area contributed by atoms with Gasteiger partial charge in [-0.25, -0.2) is 18.5 Å². The summed E-state index contributed by atoms with van der Waals surface area (Å²) in [7, 11) is 0.735. The van der Waals surface area contributed by atoms with Crippen LogP contribution in [0.25, 0.3) is 10.9 Å². The summed E-state index contributed by atoms with van der Waals surface area (Å²) >= 11 is 1.21. The highest BCUT2D eigenvalue weighted by Crippen LogP contribution is 2.32. The fraction of sp³-hybridized carbons (Fsp3) is 0.400. The number of fused-ring (bicyclic) bond motifs is 1. The van der Waals surface area contributed by atoms with Gasteiger partial charge in [0.2, 0.25) is 15.9 Å². The van der Waals surface area contributed by atoms with Gasteiger partial charge in [0.15, 0.2) is 16.7 Å². The van der Waals surface area contributed by atoms with Crippen LogP contribution < -0.4 is 25.5 Å². The van der Waals surface area contributed by atoms with Crippen molar-refractivity contribution in [1.29, 1.82) is 0 Å². The Labute approximate surface area is 225 Å². The number of hydrogen-bond acceptors (Lipinski definition) is 9. The highest BCUT2D eigenvalue weighted by atomic mass is 32.2. The first-order valence-corrected chi connectivity index (χ1v) is 14.3. The Balaban J connectivity index is 2.02. The number of aryl methyl sites for hydroxylation is 1. The molecule has 11 nitrogen and oxygen atoms in total. The maximum absolute atomic E-state index is 13.7. The molecule has 38 heavy (non-hydrogen) atoms. The van der Waals surface area contributed by atoms with Crippen LogP contribution in [0.15, 0.2) is 51.2 Å². The van der Waals surface area contributed by atoms with Crippen molar-refractivity contribution in [3.63, 3.8) is 0 Å². The molecule has 1 aromatic heterocycles. The standard InChI is InChI=1S/C25H32N4O7S2/c1-5-22(23(30)27-11-13-34-2)37-25-28-19-15-21(36-4)20(35-3)14-18(19)24(31)29(25)12-10-16-6-8-17(9-7-16)38(26,32)33/h6-9,14-15,22H,5,10-13H2,1-4H3,(H,27,30)(H2,26,32,33). The lowest BCUT2D eigenvalue weighted by molar-refractivity contribution is -0.120. The van der Waals surface area contributed by atoms with Crippen molar-refractivity contribution >= 4 is 38.6 Å². The molecule has 3 aromatic rings. The Morgan fingerprint density at radius 1 is 1.13 bits per heavy atom. The van der Waals surface area contributed by atoms with E-state index in [9.17, 15) is 18.0 Å². The molecule has 0 fully saturated rings. The summed E-state index contributed by atoms with van der Waals surface area (Å²) in [5.74, 6) is 0.648.